The minimum atomic E-state index is -1.14. The van der Waals surface area contributed by atoms with Crippen molar-refractivity contribution >= 4 is 5.97 Å². The normalized spacial score (nSPS) is 29.7. The lowest BCUT2D eigenvalue weighted by atomic mass is 10.0. The molecule has 23 heavy (non-hydrogen) atoms. The van der Waals surface area contributed by atoms with Gasteiger partial charge in [-0.1, -0.05) is 30.3 Å². The van der Waals surface area contributed by atoms with Crippen molar-refractivity contribution in [2.45, 2.75) is 31.5 Å². The van der Waals surface area contributed by atoms with E-state index in [-0.39, 0.29) is 12.3 Å². The molecule has 1 fully saturated rings. The molecule has 2 aliphatic heterocycles. The quantitative estimate of drug-likeness (QED) is 0.473. The van der Waals surface area contributed by atoms with Gasteiger partial charge in [0.15, 0.2) is 18.7 Å². The van der Waals surface area contributed by atoms with E-state index in [1.54, 1.807) is 0 Å². The van der Waals surface area contributed by atoms with Crippen LogP contribution in [0.2, 0.25) is 0 Å². The number of nitrogens with zero attached hydrogens (tertiary/aromatic N) is 1. The van der Waals surface area contributed by atoms with Crippen LogP contribution in [0.15, 0.2) is 42.3 Å². The number of carbonyl (C=O) groups excluding carboxylic acids is 1. The summed E-state index contributed by atoms with van der Waals surface area (Å²) in [4.78, 5) is 21.8. The van der Waals surface area contributed by atoms with Crippen molar-refractivity contribution in [3.05, 3.63) is 58.0 Å². The number of carbonyl (C=O) groups is 1. The van der Waals surface area contributed by atoms with Gasteiger partial charge in [-0.25, -0.2) is 0 Å². The van der Waals surface area contributed by atoms with Gasteiger partial charge in [-0.15, -0.1) is 0 Å². The molecule has 0 aliphatic carbocycles. The van der Waals surface area contributed by atoms with E-state index in [0.29, 0.717) is 0 Å². The van der Waals surface area contributed by atoms with E-state index in [2.05, 4.69) is 0 Å². The Balaban J connectivity index is 1.85. The van der Waals surface area contributed by atoms with Gasteiger partial charge in [-0.3, -0.25) is 14.9 Å². The maximum Gasteiger partial charge on any atom is 0.323 e. The van der Waals surface area contributed by atoms with Crippen molar-refractivity contribution in [3.8, 4) is 0 Å². The Bertz CT molecular complexity index is 630. The number of rotatable bonds is 3. The van der Waals surface area contributed by atoms with Crippen molar-refractivity contribution in [2.24, 2.45) is 0 Å². The molecule has 1 unspecified atom stereocenters. The van der Waals surface area contributed by atoms with Crippen LogP contribution >= 0.6 is 0 Å². The van der Waals surface area contributed by atoms with Gasteiger partial charge in [-0.2, -0.15) is 0 Å². The van der Waals surface area contributed by atoms with Gasteiger partial charge >= 0.3 is 11.7 Å². The lowest BCUT2D eigenvalue weighted by Gasteiger charge is -2.40. The summed E-state index contributed by atoms with van der Waals surface area (Å²) in [6.07, 6.45) is -2.25. The van der Waals surface area contributed by atoms with Crippen LogP contribution in [-0.2, 0) is 23.7 Å². The Hall–Kier alpha value is -2.45. The predicted octanol–water partition coefficient (Wildman–Crippen LogP) is 1.55. The second kappa shape index (κ2) is 6.35. The predicted molar refractivity (Wildman–Crippen MR) is 75.5 cm³/mol. The van der Waals surface area contributed by atoms with Crippen molar-refractivity contribution in [3.63, 3.8) is 0 Å². The van der Waals surface area contributed by atoms with E-state index >= 15 is 0 Å². The summed E-state index contributed by atoms with van der Waals surface area (Å²) in [5, 5.41) is 11.2. The maximum absolute atomic E-state index is 11.3. The minimum Gasteiger partial charge on any atom is -0.486 e. The van der Waals surface area contributed by atoms with E-state index in [0.717, 1.165) is 11.8 Å². The zero-order valence-corrected chi connectivity index (χ0v) is 12.3. The summed E-state index contributed by atoms with van der Waals surface area (Å²) in [6, 6.07) is 9.16. The second-order valence-electron chi connectivity index (χ2n) is 5.18. The molecule has 122 valence electrons. The molecule has 0 spiro atoms. The Labute approximate surface area is 131 Å². The average molecular weight is 321 g/mol. The molecule has 3 rings (SSSR count). The van der Waals surface area contributed by atoms with Crippen LogP contribution in [0.4, 0.5) is 0 Å². The highest BCUT2D eigenvalue weighted by atomic mass is 16.7. The molecule has 2 heterocycles. The molecular formula is C15H15NO7. The van der Waals surface area contributed by atoms with E-state index in [1.165, 1.54) is 6.92 Å². The van der Waals surface area contributed by atoms with Crippen LogP contribution in [-0.4, -0.2) is 35.8 Å². The van der Waals surface area contributed by atoms with Crippen LogP contribution < -0.4 is 0 Å². The van der Waals surface area contributed by atoms with Gasteiger partial charge in [0.05, 0.1) is 11.5 Å². The molecule has 0 N–H and O–H groups in total. The fraction of sp³-hybridized carbons (Fsp3) is 0.400. The molecule has 1 saturated heterocycles. The summed E-state index contributed by atoms with van der Waals surface area (Å²) in [5.41, 5.74) is 0.417. The first-order valence-corrected chi connectivity index (χ1v) is 7.05. The summed E-state index contributed by atoms with van der Waals surface area (Å²) < 4.78 is 21.8. The number of benzene rings is 1. The molecule has 0 saturated carbocycles. The van der Waals surface area contributed by atoms with Gasteiger partial charge in [0.25, 0.3) is 0 Å². The van der Waals surface area contributed by atoms with E-state index in [1.807, 2.05) is 30.3 Å². The Morgan fingerprint density at radius 3 is 2.74 bits per heavy atom. The first-order chi connectivity index (χ1) is 11.1. The Kier molecular flexibility index (Phi) is 4.26. The maximum atomic E-state index is 11.3. The van der Waals surface area contributed by atoms with Crippen LogP contribution in [0, 0.1) is 10.1 Å². The monoisotopic (exact) mass is 321 g/mol. The standard InChI is InChI=1S/C15H15NO7/c1-9(17)22-13-11(16(18)19)7-20-12-8-21-15(23-14(12)13)10-5-3-2-4-6-10/h2-7,12-15H,8H2,1H3/t12-,13-,14-,15?/m1/s1. The smallest absolute Gasteiger partial charge is 0.323 e. The van der Waals surface area contributed by atoms with Crippen molar-refractivity contribution < 1.29 is 28.7 Å². The molecule has 8 nitrogen and oxygen atoms in total. The third-order valence-corrected chi connectivity index (χ3v) is 3.59. The van der Waals surface area contributed by atoms with Gasteiger partial charge < -0.3 is 18.9 Å². The first-order valence-electron chi connectivity index (χ1n) is 7.05. The summed E-state index contributed by atoms with van der Waals surface area (Å²) in [6.45, 7) is 1.36. The molecular weight excluding hydrogens is 306 g/mol. The van der Waals surface area contributed by atoms with E-state index in [9.17, 15) is 14.9 Å². The van der Waals surface area contributed by atoms with E-state index in [4.69, 9.17) is 18.9 Å². The fourth-order valence-electron chi connectivity index (χ4n) is 2.56. The van der Waals surface area contributed by atoms with Crippen LogP contribution in [0.25, 0.3) is 0 Å². The number of nitro groups is 1. The van der Waals surface area contributed by atoms with Gasteiger partial charge in [0.2, 0.25) is 6.10 Å². The lowest BCUT2D eigenvalue weighted by Crippen LogP contribution is -2.53. The number of hydrogen-bond acceptors (Lipinski definition) is 7. The van der Waals surface area contributed by atoms with E-state index < -0.39 is 35.5 Å². The van der Waals surface area contributed by atoms with Crippen LogP contribution in [0.1, 0.15) is 18.8 Å². The summed E-state index contributed by atoms with van der Waals surface area (Å²) >= 11 is 0. The lowest BCUT2D eigenvalue weighted by molar-refractivity contribution is -0.448. The first kappa shape index (κ1) is 15.4. The highest BCUT2D eigenvalue weighted by molar-refractivity contribution is 5.66. The minimum absolute atomic E-state index is 0.170. The fourth-order valence-corrected chi connectivity index (χ4v) is 2.56. The number of esters is 1. The summed E-state index contributed by atoms with van der Waals surface area (Å²) in [7, 11) is 0. The number of fused-ring (bicyclic) bond motifs is 1. The third-order valence-electron chi connectivity index (χ3n) is 3.59. The van der Waals surface area contributed by atoms with Crippen LogP contribution in [0.3, 0.4) is 0 Å². The molecule has 1 aromatic carbocycles. The molecule has 4 atom stereocenters. The highest BCUT2D eigenvalue weighted by Crippen LogP contribution is 2.34. The Morgan fingerprint density at radius 1 is 1.35 bits per heavy atom. The average Bonchev–Trinajstić information content (AvgIpc) is 2.55. The molecule has 0 aromatic heterocycles. The molecule has 0 amide bonds. The molecule has 1 aromatic rings. The molecule has 8 heteroatoms. The topological polar surface area (TPSA) is 97.1 Å². The molecule has 0 radical (unpaired) electrons. The second-order valence-corrected chi connectivity index (χ2v) is 5.18. The molecule has 0 bridgehead atoms. The SMILES string of the molecule is CC(=O)O[C@@H]1C([N+](=O)[O-])=CO[C@@H]2COC(c3ccccc3)O[C@@H]12. The van der Waals surface area contributed by atoms with Crippen molar-refractivity contribution in [2.75, 3.05) is 6.61 Å². The van der Waals surface area contributed by atoms with Crippen molar-refractivity contribution in [1.82, 2.24) is 0 Å². The zero-order chi connectivity index (χ0) is 16.4. The largest absolute Gasteiger partial charge is 0.486 e. The number of ether oxygens (including phenoxy) is 4. The van der Waals surface area contributed by atoms with Crippen LogP contribution in [0.5, 0.6) is 0 Å². The number of hydrogen-bond donors (Lipinski definition) is 0. The highest BCUT2D eigenvalue weighted by Gasteiger charge is 2.49. The van der Waals surface area contributed by atoms with Gasteiger partial charge in [0.1, 0.15) is 6.10 Å². The van der Waals surface area contributed by atoms with Gasteiger partial charge in [0, 0.05) is 12.5 Å². The Morgan fingerprint density at radius 2 is 2.09 bits per heavy atom. The van der Waals surface area contributed by atoms with Gasteiger partial charge in [-0.05, 0) is 0 Å². The van der Waals surface area contributed by atoms with Crippen molar-refractivity contribution in [1.29, 1.82) is 0 Å². The zero-order valence-electron chi connectivity index (χ0n) is 12.3. The molecule has 2 aliphatic rings. The summed E-state index contributed by atoms with van der Waals surface area (Å²) in [5.74, 6) is -0.630. The third kappa shape index (κ3) is 3.17.